The monoisotopic (exact) mass is 627 g/mol. The van der Waals surface area contributed by atoms with Gasteiger partial charge in [-0.1, -0.05) is 36.4 Å². The second kappa shape index (κ2) is 14.1. The molecule has 1 heterocycles. The van der Waals surface area contributed by atoms with Crippen LogP contribution < -0.4 is 4.74 Å². The predicted molar refractivity (Wildman–Crippen MR) is 162 cm³/mol. The van der Waals surface area contributed by atoms with E-state index >= 15 is 0 Å². The molecule has 0 saturated carbocycles. The van der Waals surface area contributed by atoms with E-state index in [4.69, 9.17) is 23.0 Å². The first-order chi connectivity index (χ1) is 19.9. The van der Waals surface area contributed by atoms with E-state index in [2.05, 4.69) is 4.99 Å². The Hall–Kier alpha value is -2.39. The summed E-state index contributed by atoms with van der Waals surface area (Å²) in [7, 11) is -4.03. The summed E-state index contributed by atoms with van der Waals surface area (Å²) in [5.74, 6) is 0.227. The van der Waals surface area contributed by atoms with Gasteiger partial charge in [0.25, 0.3) is 0 Å². The van der Waals surface area contributed by atoms with Crippen LogP contribution in [-0.2, 0) is 41.9 Å². The first-order valence-electron chi connectivity index (χ1n) is 14.6. The molecule has 1 aliphatic rings. The second-order valence-electron chi connectivity index (χ2n) is 12.9. The largest absolute Gasteiger partial charge is 0.493 e. The molecule has 7 nitrogen and oxygen atoms in total. The predicted octanol–water partition coefficient (Wildman–Crippen LogP) is 8.98. The van der Waals surface area contributed by atoms with Crippen LogP contribution in [0.1, 0.15) is 84.4 Å². The number of aliphatic imine (C=N–C) groups is 1. The normalized spacial score (nSPS) is 18.0. The molecule has 0 aromatic heterocycles. The Morgan fingerprint density at radius 2 is 1.56 bits per heavy atom. The van der Waals surface area contributed by atoms with Crippen molar-refractivity contribution >= 4 is 13.7 Å². The fraction of sp³-hybridized carbons (Fsp3) is 0.594. The molecule has 0 aliphatic carbocycles. The molecule has 43 heavy (non-hydrogen) atoms. The van der Waals surface area contributed by atoms with Gasteiger partial charge in [0.15, 0.2) is 5.90 Å². The number of unbranched alkanes of at least 4 members (excludes halogenated alkanes) is 1. The van der Waals surface area contributed by atoms with Gasteiger partial charge in [0.05, 0.1) is 30.0 Å². The van der Waals surface area contributed by atoms with Gasteiger partial charge in [0.2, 0.25) is 0 Å². The third-order valence-corrected chi connectivity index (χ3v) is 8.38. The zero-order valence-electron chi connectivity index (χ0n) is 26.3. The summed E-state index contributed by atoms with van der Waals surface area (Å²) < 4.78 is 84.1. The minimum Gasteiger partial charge on any atom is -0.493 e. The highest BCUT2D eigenvalue weighted by molar-refractivity contribution is 7.48. The van der Waals surface area contributed by atoms with Crippen LogP contribution in [-0.4, -0.2) is 42.5 Å². The lowest BCUT2D eigenvalue weighted by Gasteiger charge is -2.33. The minimum absolute atomic E-state index is 0.125. The highest BCUT2D eigenvalue weighted by Gasteiger charge is 2.43. The Balaban J connectivity index is 1.68. The van der Waals surface area contributed by atoms with Crippen molar-refractivity contribution in [2.75, 3.05) is 19.8 Å². The van der Waals surface area contributed by atoms with Gasteiger partial charge in [-0.05, 0) is 96.9 Å². The molecule has 1 unspecified atom stereocenters. The quantitative estimate of drug-likeness (QED) is 0.154. The van der Waals surface area contributed by atoms with Crippen LogP contribution in [0.5, 0.6) is 5.75 Å². The van der Waals surface area contributed by atoms with Crippen molar-refractivity contribution in [2.45, 2.75) is 103 Å². The number of ether oxygens (including phenoxy) is 2. The van der Waals surface area contributed by atoms with Crippen molar-refractivity contribution in [1.29, 1.82) is 0 Å². The van der Waals surface area contributed by atoms with Crippen LogP contribution in [0.4, 0.5) is 13.2 Å². The smallest absolute Gasteiger partial charge is 0.475 e. The van der Waals surface area contributed by atoms with Crippen LogP contribution in [0, 0.1) is 0 Å². The van der Waals surface area contributed by atoms with Crippen LogP contribution in [0.25, 0.3) is 0 Å². The maximum atomic E-state index is 14.0. The lowest BCUT2D eigenvalue weighted by atomic mass is 9.93. The topological polar surface area (TPSA) is 75.6 Å². The van der Waals surface area contributed by atoms with Crippen molar-refractivity contribution in [3.8, 4) is 5.75 Å². The Bertz CT molecular complexity index is 1250. The first kappa shape index (κ1) is 35.1. The molecule has 0 radical (unpaired) electrons. The molecular weight excluding hydrogens is 582 g/mol. The molecule has 0 N–H and O–H groups in total. The number of phosphoric acid groups is 1. The lowest BCUT2D eigenvalue weighted by Crippen LogP contribution is -2.36. The highest BCUT2D eigenvalue weighted by atomic mass is 31.2. The zero-order valence-corrected chi connectivity index (χ0v) is 27.1. The maximum Gasteiger partial charge on any atom is 0.475 e. The van der Waals surface area contributed by atoms with Gasteiger partial charge < -0.3 is 9.47 Å². The highest BCUT2D eigenvalue weighted by Crippen LogP contribution is 2.56. The number of hydrogen-bond donors (Lipinski definition) is 0. The molecule has 2 aromatic rings. The fourth-order valence-corrected chi connectivity index (χ4v) is 6.45. The van der Waals surface area contributed by atoms with E-state index in [-0.39, 0.29) is 38.4 Å². The van der Waals surface area contributed by atoms with Crippen LogP contribution in [0.3, 0.4) is 0 Å². The number of alkyl halides is 3. The Kier molecular flexibility index (Phi) is 11.5. The van der Waals surface area contributed by atoms with Crippen LogP contribution in [0.15, 0.2) is 53.5 Å². The van der Waals surface area contributed by atoms with E-state index in [9.17, 15) is 17.7 Å². The van der Waals surface area contributed by atoms with Gasteiger partial charge in [0, 0.05) is 6.92 Å². The summed E-state index contributed by atoms with van der Waals surface area (Å²) in [5.41, 5.74) is -1.79. The SMILES string of the molecule is CC1=NC(CCc2ccc(OCCCCc3ccccc3)c(C(F)(F)F)c2)(COP(=O)(OC(C)(C)C)OC(C)(C)C)CO1. The minimum atomic E-state index is -4.58. The molecular formula is C32H45F3NO6P. The van der Waals surface area contributed by atoms with Gasteiger partial charge in [0.1, 0.15) is 17.9 Å². The molecule has 0 bridgehead atoms. The van der Waals surface area contributed by atoms with Gasteiger partial charge in [-0.2, -0.15) is 13.2 Å². The van der Waals surface area contributed by atoms with E-state index in [0.717, 1.165) is 18.9 Å². The number of aryl methyl sites for hydroxylation is 2. The van der Waals surface area contributed by atoms with E-state index < -0.39 is 36.3 Å². The molecule has 3 rings (SSSR count). The number of phosphoric ester groups is 1. The fourth-order valence-electron chi connectivity index (χ4n) is 4.57. The standard InChI is InChI=1S/C32H45F3NO6P/c1-24-36-31(22-39-24,23-40-43(37,41-29(2,3)4)42-30(5,6)7)19-18-26-16-17-28(27(21-26)32(33,34)35)38-20-12-11-15-25-13-9-8-10-14-25/h8-10,13-14,16-17,21H,11-12,15,18-20,22-23H2,1-7H3. The summed E-state index contributed by atoms with van der Waals surface area (Å²) >= 11 is 0. The van der Waals surface area contributed by atoms with Crippen LogP contribution >= 0.6 is 7.82 Å². The van der Waals surface area contributed by atoms with E-state index in [0.29, 0.717) is 17.9 Å². The molecule has 0 saturated heterocycles. The summed E-state index contributed by atoms with van der Waals surface area (Å²) in [6.07, 6.45) is -1.77. The molecule has 1 aliphatic heterocycles. The average molecular weight is 628 g/mol. The first-order valence-corrected chi connectivity index (χ1v) is 16.1. The number of halogens is 3. The van der Waals surface area contributed by atoms with Crippen molar-refractivity contribution < 1.29 is 40.8 Å². The number of rotatable bonds is 14. The summed E-state index contributed by atoms with van der Waals surface area (Å²) in [6.45, 7) is 12.3. The summed E-state index contributed by atoms with van der Waals surface area (Å²) in [4.78, 5) is 4.59. The lowest BCUT2D eigenvalue weighted by molar-refractivity contribution is -0.139. The van der Waals surface area contributed by atoms with Gasteiger partial charge in [-0.15, -0.1) is 0 Å². The molecule has 1 atom stereocenters. The Morgan fingerprint density at radius 3 is 2.12 bits per heavy atom. The number of benzene rings is 2. The van der Waals surface area contributed by atoms with Crippen molar-refractivity contribution in [2.24, 2.45) is 4.99 Å². The molecule has 0 amide bonds. The summed E-state index contributed by atoms with van der Waals surface area (Å²) in [6, 6.07) is 14.1. The van der Waals surface area contributed by atoms with Gasteiger partial charge >= 0.3 is 14.0 Å². The number of nitrogens with zero attached hydrogens (tertiary/aromatic N) is 1. The van der Waals surface area contributed by atoms with E-state index in [1.165, 1.54) is 11.6 Å². The zero-order chi connectivity index (χ0) is 31.9. The second-order valence-corrected chi connectivity index (χ2v) is 14.4. The van der Waals surface area contributed by atoms with Gasteiger partial charge in [-0.25, -0.2) is 9.56 Å². The third kappa shape index (κ3) is 11.9. The Morgan fingerprint density at radius 1 is 0.907 bits per heavy atom. The van der Waals surface area contributed by atoms with E-state index in [1.54, 1.807) is 54.5 Å². The van der Waals surface area contributed by atoms with Crippen molar-refractivity contribution in [3.63, 3.8) is 0 Å². The third-order valence-electron chi connectivity index (χ3n) is 6.40. The molecule has 2 aromatic carbocycles. The summed E-state index contributed by atoms with van der Waals surface area (Å²) in [5, 5.41) is 0. The van der Waals surface area contributed by atoms with E-state index in [1.807, 2.05) is 30.3 Å². The molecule has 0 spiro atoms. The maximum absolute atomic E-state index is 14.0. The van der Waals surface area contributed by atoms with Crippen molar-refractivity contribution in [1.82, 2.24) is 0 Å². The molecule has 240 valence electrons. The van der Waals surface area contributed by atoms with Gasteiger partial charge in [-0.3, -0.25) is 13.6 Å². The van der Waals surface area contributed by atoms with Crippen LogP contribution in [0.2, 0.25) is 0 Å². The Labute approximate surface area is 253 Å². The van der Waals surface area contributed by atoms with Crippen molar-refractivity contribution in [3.05, 3.63) is 65.2 Å². The average Bonchev–Trinajstić information content (AvgIpc) is 3.25. The molecule has 11 heteroatoms. The number of hydrogen-bond acceptors (Lipinski definition) is 7. The molecule has 0 fully saturated rings.